The number of phosphoric ester groups is 1. The minimum absolute atomic E-state index is 0.0155. The highest BCUT2D eigenvalue weighted by molar-refractivity contribution is 7.46. The van der Waals surface area contributed by atoms with Crippen LogP contribution >= 0.6 is 16.2 Å². The molecule has 1 rings (SSSR count). The van der Waals surface area contributed by atoms with E-state index >= 15 is 0 Å². The van der Waals surface area contributed by atoms with E-state index < -0.39 is 21.6 Å². The first kappa shape index (κ1) is 23.0. The number of aldehydes is 1. The minimum Gasteiger partial charge on any atom is -0.493 e. The molecule has 0 fully saturated rings. The van der Waals surface area contributed by atoms with Crippen molar-refractivity contribution in [3.8, 4) is 11.5 Å². The van der Waals surface area contributed by atoms with E-state index in [9.17, 15) is 19.1 Å². The molecule has 0 heterocycles. The highest BCUT2D eigenvalue weighted by Crippen LogP contribution is 2.47. The second-order valence-electron chi connectivity index (χ2n) is 6.66. The smallest absolute Gasteiger partial charge is 0.493 e. The zero-order chi connectivity index (χ0) is 20.1. The summed E-state index contributed by atoms with van der Waals surface area (Å²) in [6.07, 6.45) is 1.56. The Bertz CT molecular complexity index is 681. The molecule has 0 amide bonds. The van der Waals surface area contributed by atoms with Crippen LogP contribution in [-0.2, 0) is 14.8 Å². The van der Waals surface area contributed by atoms with Crippen molar-refractivity contribution in [3.05, 3.63) is 22.8 Å². The largest absolute Gasteiger partial charge is 0.524 e. The monoisotopic (exact) mass is 408 g/mol. The van der Waals surface area contributed by atoms with Gasteiger partial charge in [-0.1, -0.05) is 13.8 Å². The summed E-state index contributed by atoms with van der Waals surface area (Å²) >= 11 is 0. The molecule has 26 heavy (non-hydrogen) atoms. The SMILES string of the molecule is Cc1cc(OP(=O)(O)O)c(C(C)(C)CC=O)c(C)c1OCCCP(O)O. The highest BCUT2D eigenvalue weighted by Gasteiger charge is 2.31. The summed E-state index contributed by atoms with van der Waals surface area (Å²) in [4.78, 5) is 47.4. The van der Waals surface area contributed by atoms with Crippen molar-refractivity contribution in [3.63, 3.8) is 0 Å². The summed E-state index contributed by atoms with van der Waals surface area (Å²) in [7, 11) is -6.75. The number of carbonyl (C=O) groups excluding carboxylic acids is 1. The van der Waals surface area contributed by atoms with Gasteiger partial charge in [-0.25, -0.2) is 4.57 Å². The third-order valence-corrected chi connectivity index (χ3v) is 5.06. The van der Waals surface area contributed by atoms with Crippen molar-refractivity contribution in [2.45, 2.75) is 46.0 Å². The van der Waals surface area contributed by atoms with Gasteiger partial charge in [0.05, 0.1) is 6.61 Å². The van der Waals surface area contributed by atoms with Crippen LogP contribution in [0.4, 0.5) is 0 Å². The zero-order valence-corrected chi connectivity index (χ0v) is 17.1. The van der Waals surface area contributed by atoms with Crippen LogP contribution in [0.25, 0.3) is 0 Å². The standard InChI is InChI=1S/C16H26O8P2/c1-11-10-13(24-26(20,21)22)14(16(3,4)6-7-17)12(2)15(11)23-8-5-9-25(18)19/h7,10,18-19H,5-6,8-9H2,1-4H3,(H2,20,21,22). The van der Waals surface area contributed by atoms with E-state index in [0.29, 0.717) is 28.9 Å². The number of carbonyl (C=O) groups is 1. The minimum atomic E-state index is -4.78. The number of ether oxygens (including phenoxy) is 1. The maximum atomic E-state index is 11.3. The maximum Gasteiger partial charge on any atom is 0.524 e. The van der Waals surface area contributed by atoms with Crippen LogP contribution in [0, 0.1) is 13.8 Å². The fourth-order valence-electron chi connectivity index (χ4n) is 2.88. The van der Waals surface area contributed by atoms with E-state index in [4.69, 9.17) is 19.0 Å². The number of hydrogen-bond donors (Lipinski definition) is 4. The van der Waals surface area contributed by atoms with Crippen molar-refractivity contribution in [1.29, 1.82) is 0 Å². The van der Waals surface area contributed by atoms with Gasteiger partial charge < -0.3 is 23.8 Å². The third-order valence-electron chi connectivity index (χ3n) is 3.90. The van der Waals surface area contributed by atoms with Crippen molar-refractivity contribution in [1.82, 2.24) is 0 Å². The van der Waals surface area contributed by atoms with E-state index in [1.165, 1.54) is 6.07 Å². The quantitative estimate of drug-likeness (QED) is 0.264. The van der Waals surface area contributed by atoms with Gasteiger partial charge in [-0.05, 0) is 37.5 Å². The fourth-order valence-corrected chi connectivity index (χ4v) is 3.69. The molecule has 8 nitrogen and oxygen atoms in total. The Labute approximate surface area is 154 Å². The van der Waals surface area contributed by atoms with Crippen LogP contribution in [0.3, 0.4) is 0 Å². The van der Waals surface area contributed by atoms with Gasteiger partial charge in [0.25, 0.3) is 0 Å². The molecule has 1 aromatic carbocycles. The highest BCUT2D eigenvalue weighted by atomic mass is 31.2. The van der Waals surface area contributed by atoms with Gasteiger partial charge in [0.15, 0.2) is 8.38 Å². The van der Waals surface area contributed by atoms with E-state index in [1.54, 1.807) is 27.7 Å². The van der Waals surface area contributed by atoms with Gasteiger partial charge in [-0.2, -0.15) is 0 Å². The molecule has 0 aromatic heterocycles. The maximum absolute atomic E-state index is 11.3. The molecule has 10 heteroatoms. The number of phosphoric acid groups is 1. The molecule has 0 saturated carbocycles. The van der Waals surface area contributed by atoms with E-state index in [-0.39, 0.29) is 24.9 Å². The summed E-state index contributed by atoms with van der Waals surface area (Å²) in [6, 6.07) is 1.48. The normalized spacial score (nSPS) is 12.3. The van der Waals surface area contributed by atoms with Gasteiger partial charge in [0, 0.05) is 23.6 Å². The molecular formula is C16H26O8P2. The first-order chi connectivity index (χ1) is 11.9. The van der Waals surface area contributed by atoms with Crippen LogP contribution in [0.2, 0.25) is 0 Å². The number of hydrogen-bond acceptors (Lipinski definition) is 6. The van der Waals surface area contributed by atoms with Crippen LogP contribution < -0.4 is 9.26 Å². The predicted molar refractivity (Wildman–Crippen MR) is 98.6 cm³/mol. The van der Waals surface area contributed by atoms with Gasteiger partial charge in [0.2, 0.25) is 0 Å². The molecule has 1 aromatic rings. The Morgan fingerprint density at radius 1 is 1.27 bits per heavy atom. The Kier molecular flexibility index (Phi) is 8.21. The van der Waals surface area contributed by atoms with Crippen LogP contribution in [-0.4, -0.2) is 38.6 Å². The molecule has 0 aliphatic carbocycles. The Morgan fingerprint density at radius 3 is 2.38 bits per heavy atom. The van der Waals surface area contributed by atoms with Crippen LogP contribution in [0.15, 0.2) is 6.07 Å². The van der Waals surface area contributed by atoms with Crippen LogP contribution in [0.1, 0.15) is 43.4 Å². The first-order valence-electron chi connectivity index (χ1n) is 8.00. The summed E-state index contributed by atoms with van der Waals surface area (Å²) in [5, 5.41) is 0. The lowest BCUT2D eigenvalue weighted by Crippen LogP contribution is -2.21. The molecule has 0 radical (unpaired) electrons. The van der Waals surface area contributed by atoms with Crippen molar-refractivity contribution in [2.24, 2.45) is 0 Å². The molecule has 0 atom stereocenters. The Hall–Kier alpha value is -1.01. The average Bonchev–Trinajstić information content (AvgIpc) is 2.43. The number of rotatable bonds is 10. The lowest BCUT2D eigenvalue weighted by Gasteiger charge is -2.29. The molecule has 0 unspecified atom stereocenters. The second kappa shape index (κ2) is 9.27. The molecule has 148 valence electrons. The topological polar surface area (TPSA) is 134 Å². The number of aryl methyl sites for hydroxylation is 1. The Morgan fingerprint density at radius 2 is 1.88 bits per heavy atom. The fraction of sp³-hybridized carbons (Fsp3) is 0.562. The lowest BCUT2D eigenvalue weighted by molar-refractivity contribution is -0.108. The third kappa shape index (κ3) is 6.62. The van der Waals surface area contributed by atoms with E-state index in [2.05, 4.69) is 0 Å². The van der Waals surface area contributed by atoms with Gasteiger partial charge >= 0.3 is 7.82 Å². The summed E-state index contributed by atoms with van der Waals surface area (Å²) in [5.74, 6) is 0.541. The summed E-state index contributed by atoms with van der Waals surface area (Å²) in [6.45, 7) is 7.27. The molecule has 0 saturated heterocycles. The first-order valence-corrected chi connectivity index (χ1v) is 11.0. The van der Waals surface area contributed by atoms with Crippen molar-refractivity contribution >= 4 is 22.5 Å². The second-order valence-corrected chi connectivity index (χ2v) is 9.01. The van der Waals surface area contributed by atoms with Crippen molar-refractivity contribution < 1.29 is 38.2 Å². The van der Waals surface area contributed by atoms with Crippen molar-refractivity contribution in [2.75, 3.05) is 12.8 Å². The molecule has 4 N–H and O–H groups in total. The van der Waals surface area contributed by atoms with Gasteiger partial charge in [-0.3, -0.25) is 9.79 Å². The molecule has 0 aliphatic heterocycles. The molecule has 0 spiro atoms. The van der Waals surface area contributed by atoms with Crippen LogP contribution in [0.5, 0.6) is 11.5 Å². The lowest BCUT2D eigenvalue weighted by atomic mass is 9.78. The summed E-state index contributed by atoms with van der Waals surface area (Å²) in [5.41, 5.74) is 0.995. The molecular weight excluding hydrogens is 382 g/mol. The Balaban J connectivity index is 3.34. The van der Waals surface area contributed by atoms with Gasteiger partial charge in [0.1, 0.15) is 17.8 Å². The van der Waals surface area contributed by atoms with Gasteiger partial charge in [-0.15, -0.1) is 0 Å². The molecule has 0 bridgehead atoms. The predicted octanol–water partition coefficient (Wildman–Crippen LogP) is 2.71. The summed E-state index contributed by atoms with van der Waals surface area (Å²) < 4.78 is 22.0. The van der Waals surface area contributed by atoms with E-state index in [0.717, 1.165) is 6.29 Å². The molecule has 0 aliphatic rings. The van der Waals surface area contributed by atoms with E-state index in [1.807, 2.05) is 0 Å². The average molecular weight is 408 g/mol. The number of benzene rings is 1. The zero-order valence-electron chi connectivity index (χ0n) is 15.3.